The minimum atomic E-state index is 0.843. The largest absolute Gasteiger partial charge is 0.192 e. The molecule has 2 rings (SSSR count). The summed E-state index contributed by atoms with van der Waals surface area (Å²) < 4.78 is 1.13. The van der Waals surface area contributed by atoms with Gasteiger partial charge >= 0.3 is 0 Å². The van der Waals surface area contributed by atoms with Gasteiger partial charge in [0.25, 0.3) is 0 Å². The first-order chi connectivity index (χ1) is 7.20. The Balaban J connectivity index is 2.99. The molecule has 0 radical (unpaired) electrons. The maximum Gasteiger partial charge on any atom is 0.102 e. The molecule has 1 nitrogen and oxygen atoms in total. The van der Waals surface area contributed by atoms with Gasteiger partial charge in [0.2, 0.25) is 0 Å². The number of benzene rings is 1. The molecule has 1 heterocycles. The summed E-state index contributed by atoms with van der Waals surface area (Å²) in [5.41, 5.74) is 3.38. The summed E-state index contributed by atoms with van der Waals surface area (Å²) >= 11 is 3.32. The van der Waals surface area contributed by atoms with Crippen LogP contribution in [0.5, 0.6) is 0 Å². The maximum absolute atomic E-state index is 9.22. The van der Waals surface area contributed by atoms with Gasteiger partial charge in [0.05, 0.1) is 10.3 Å². The second-order valence-corrected chi connectivity index (χ2v) is 5.17. The van der Waals surface area contributed by atoms with Gasteiger partial charge in [-0.3, -0.25) is 0 Å². The van der Waals surface area contributed by atoms with E-state index in [1.807, 2.05) is 6.26 Å². The van der Waals surface area contributed by atoms with Gasteiger partial charge in [0.1, 0.15) is 6.07 Å². The molecule has 0 aliphatic carbocycles. The van der Waals surface area contributed by atoms with E-state index in [-0.39, 0.29) is 0 Å². The lowest BCUT2D eigenvalue weighted by atomic mass is 10.0. The topological polar surface area (TPSA) is 23.8 Å². The summed E-state index contributed by atoms with van der Waals surface area (Å²) in [6, 6.07) is 4.44. The van der Waals surface area contributed by atoms with Crippen molar-refractivity contribution in [2.24, 2.45) is 0 Å². The van der Waals surface area contributed by atoms with Crippen LogP contribution in [0.1, 0.15) is 16.7 Å². The van der Waals surface area contributed by atoms with Gasteiger partial charge in [-0.15, -0.1) is 23.1 Å². The van der Waals surface area contributed by atoms with Crippen LogP contribution in [0.25, 0.3) is 10.1 Å². The highest BCUT2D eigenvalue weighted by Gasteiger charge is 2.14. The third-order valence-corrected chi connectivity index (χ3v) is 4.59. The van der Waals surface area contributed by atoms with Gasteiger partial charge in [-0.2, -0.15) is 5.26 Å². The fourth-order valence-corrected chi connectivity index (χ4v) is 3.65. The first-order valence-corrected chi connectivity index (χ1v) is 6.75. The first-order valence-electron chi connectivity index (χ1n) is 4.65. The highest BCUT2D eigenvalue weighted by molar-refractivity contribution is 7.98. The van der Waals surface area contributed by atoms with E-state index in [1.54, 1.807) is 23.1 Å². The van der Waals surface area contributed by atoms with E-state index in [2.05, 4.69) is 31.4 Å². The monoisotopic (exact) mass is 233 g/mol. The number of nitrogens with zero attached hydrogens (tertiary/aromatic N) is 1. The molecule has 2 aromatic rings. The summed E-state index contributed by atoms with van der Waals surface area (Å²) in [5.74, 6) is 0. The van der Waals surface area contributed by atoms with Crippen LogP contribution in [0.2, 0.25) is 0 Å². The van der Waals surface area contributed by atoms with Crippen LogP contribution in [-0.2, 0) is 0 Å². The van der Waals surface area contributed by atoms with Crippen molar-refractivity contribution in [3.05, 3.63) is 28.1 Å². The Morgan fingerprint density at radius 2 is 2.07 bits per heavy atom. The van der Waals surface area contributed by atoms with Crippen molar-refractivity contribution in [3.8, 4) is 6.07 Å². The Labute approximate surface area is 97.7 Å². The minimum absolute atomic E-state index is 0.843. The SMILES string of the molecule is CSc1c(C)c(C)c2ccsc2c1C#N. The predicted octanol–water partition coefficient (Wildman–Crippen LogP) is 4.11. The molecule has 76 valence electrons. The highest BCUT2D eigenvalue weighted by atomic mass is 32.2. The normalized spacial score (nSPS) is 10.5. The number of aryl methyl sites for hydroxylation is 1. The molecule has 15 heavy (non-hydrogen) atoms. The average molecular weight is 233 g/mol. The van der Waals surface area contributed by atoms with Gasteiger partial charge < -0.3 is 0 Å². The zero-order valence-corrected chi connectivity index (χ0v) is 10.6. The van der Waals surface area contributed by atoms with Crippen molar-refractivity contribution in [1.82, 2.24) is 0 Å². The molecule has 0 bridgehead atoms. The lowest BCUT2D eigenvalue weighted by Crippen LogP contribution is -1.91. The van der Waals surface area contributed by atoms with Crippen LogP contribution < -0.4 is 0 Å². The van der Waals surface area contributed by atoms with Gasteiger partial charge in [-0.1, -0.05) is 0 Å². The smallest absolute Gasteiger partial charge is 0.102 e. The second kappa shape index (κ2) is 3.88. The Bertz CT molecular complexity index is 561. The van der Waals surface area contributed by atoms with Crippen LogP contribution in [0.4, 0.5) is 0 Å². The van der Waals surface area contributed by atoms with Gasteiger partial charge in [0.15, 0.2) is 0 Å². The van der Waals surface area contributed by atoms with Crippen LogP contribution in [0, 0.1) is 25.2 Å². The first kappa shape index (κ1) is 10.5. The molecule has 0 saturated heterocycles. The Hall–Kier alpha value is -0.980. The van der Waals surface area contributed by atoms with E-state index in [4.69, 9.17) is 0 Å². The van der Waals surface area contributed by atoms with E-state index >= 15 is 0 Å². The molecule has 0 atom stereocenters. The summed E-state index contributed by atoms with van der Waals surface area (Å²) in [7, 11) is 0. The van der Waals surface area contributed by atoms with Crippen molar-refractivity contribution in [2.45, 2.75) is 18.7 Å². The predicted molar refractivity (Wildman–Crippen MR) is 67.8 cm³/mol. The molecule has 3 heteroatoms. The summed E-state index contributed by atoms with van der Waals surface area (Å²) in [6.07, 6.45) is 2.03. The third-order valence-electron chi connectivity index (χ3n) is 2.74. The van der Waals surface area contributed by atoms with Crippen LogP contribution in [-0.4, -0.2) is 6.26 Å². The van der Waals surface area contributed by atoms with E-state index < -0.39 is 0 Å². The van der Waals surface area contributed by atoms with Crippen molar-refractivity contribution >= 4 is 33.2 Å². The molecule has 0 fully saturated rings. The molecule has 0 N–H and O–H groups in total. The number of thioether (sulfide) groups is 1. The summed E-state index contributed by atoms with van der Waals surface area (Å²) in [6.45, 7) is 4.23. The standard InChI is InChI=1S/C12H11NS2/c1-7-8(2)11(14-3)10(6-13)12-9(7)4-5-15-12/h4-5H,1-3H3. The summed E-state index contributed by atoms with van der Waals surface area (Å²) in [4.78, 5) is 1.13. The molecule has 1 aromatic carbocycles. The van der Waals surface area contributed by atoms with Crippen molar-refractivity contribution < 1.29 is 0 Å². The zero-order chi connectivity index (χ0) is 11.0. The molecule has 0 unspecified atom stereocenters. The number of hydrogen-bond donors (Lipinski definition) is 0. The average Bonchev–Trinajstić information content (AvgIpc) is 2.71. The molecule has 0 saturated carbocycles. The lowest BCUT2D eigenvalue weighted by molar-refractivity contribution is 1.25. The van der Waals surface area contributed by atoms with Gasteiger partial charge in [0, 0.05) is 4.90 Å². The van der Waals surface area contributed by atoms with Crippen LogP contribution >= 0.6 is 23.1 Å². The zero-order valence-electron chi connectivity index (χ0n) is 8.92. The van der Waals surface area contributed by atoms with Gasteiger partial charge in [-0.05, 0) is 48.1 Å². The van der Waals surface area contributed by atoms with E-state index in [0.717, 1.165) is 15.2 Å². The molecular weight excluding hydrogens is 222 g/mol. The van der Waals surface area contributed by atoms with Crippen LogP contribution in [0.15, 0.2) is 16.3 Å². The fraction of sp³-hybridized carbons (Fsp3) is 0.250. The number of hydrogen-bond acceptors (Lipinski definition) is 3. The number of rotatable bonds is 1. The summed E-state index contributed by atoms with van der Waals surface area (Å²) in [5, 5.41) is 12.5. The van der Waals surface area contributed by atoms with Gasteiger partial charge in [-0.25, -0.2) is 0 Å². The molecule has 0 spiro atoms. The third kappa shape index (κ3) is 1.45. The Kier molecular flexibility index (Phi) is 2.72. The van der Waals surface area contributed by atoms with Crippen molar-refractivity contribution in [3.63, 3.8) is 0 Å². The van der Waals surface area contributed by atoms with Crippen LogP contribution in [0.3, 0.4) is 0 Å². The highest BCUT2D eigenvalue weighted by Crippen LogP contribution is 2.37. The fourth-order valence-electron chi connectivity index (χ4n) is 1.82. The minimum Gasteiger partial charge on any atom is -0.192 e. The Morgan fingerprint density at radius 1 is 1.33 bits per heavy atom. The second-order valence-electron chi connectivity index (χ2n) is 3.43. The molecule has 0 aliphatic heterocycles. The lowest BCUT2D eigenvalue weighted by Gasteiger charge is -2.10. The number of thiophene rings is 1. The maximum atomic E-state index is 9.22. The molecular formula is C12H11NS2. The van der Waals surface area contributed by atoms with E-state index in [9.17, 15) is 5.26 Å². The Morgan fingerprint density at radius 3 is 2.67 bits per heavy atom. The molecule has 0 amide bonds. The van der Waals surface area contributed by atoms with E-state index in [1.165, 1.54) is 16.5 Å². The van der Waals surface area contributed by atoms with Crippen molar-refractivity contribution in [2.75, 3.05) is 6.26 Å². The quantitative estimate of drug-likeness (QED) is 0.692. The van der Waals surface area contributed by atoms with Crippen molar-refractivity contribution in [1.29, 1.82) is 5.26 Å². The molecule has 0 aliphatic rings. The van der Waals surface area contributed by atoms with E-state index in [0.29, 0.717) is 0 Å². The number of nitriles is 1. The number of fused-ring (bicyclic) bond motifs is 1. The molecule has 1 aromatic heterocycles.